The second kappa shape index (κ2) is 7.08. The number of benzene rings is 2. The van der Waals surface area contributed by atoms with Crippen molar-refractivity contribution in [1.82, 2.24) is 0 Å². The van der Waals surface area contributed by atoms with E-state index in [-0.39, 0.29) is 17.9 Å². The smallest absolute Gasteiger partial charge is 0.262 e. The molecule has 3 heteroatoms. The molecule has 0 aliphatic rings. The lowest BCUT2D eigenvalue weighted by Crippen LogP contribution is -2.23. The third-order valence-electron chi connectivity index (χ3n) is 4.13. The van der Waals surface area contributed by atoms with Gasteiger partial charge in [-0.1, -0.05) is 45.0 Å². The van der Waals surface area contributed by atoms with Crippen molar-refractivity contribution in [1.29, 1.82) is 0 Å². The first-order chi connectivity index (χ1) is 11.2. The zero-order valence-corrected chi connectivity index (χ0v) is 15.5. The van der Waals surface area contributed by atoms with Crippen LogP contribution in [0.15, 0.2) is 36.4 Å². The molecule has 1 N–H and O–H groups in total. The minimum absolute atomic E-state index is 0.00219. The van der Waals surface area contributed by atoms with E-state index in [0.717, 1.165) is 28.1 Å². The van der Waals surface area contributed by atoms with Crippen LogP contribution in [0.2, 0.25) is 0 Å². The number of hydrogen-bond acceptors (Lipinski definition) is 2. The molecule has 0 saturated carbocycles. The van der Waals surface area contributed by atoms with E-state index in [1.54, 1.807) is 0 Å². The molecule has 2 rings (SSSR count). The maximum atomic E-state index is 12.3. The molecule has 2 aromatic carbocycles. The van der Waals surface area contributed by atoms with Gasteiger partial charge in [0, 0.05) is 5.69 Å². The summed E-state index contributed by atoms with van der Waals surface area (Å²) in [5.41, 5.74) is 5.30. The Labute approximate surface area is 145 Å². The minimum atomic E-state index is -0.148. The number of ether oxygens (including phenoxy) is 1. The van der Waals surface area contributed by atoms with Crippen molar-refractivity contribution in [2.45, 2.75) is 47.0 Å². The van der Waals surface area contributed by atoms with Crippen LogP contribution < -0.4 is 10.1 Å². The van der Waals surface area contributed by atoms with Gasteiger partial charge in [0.05, 0.1) is 0 Å². The summed E-state index contributed by atoms with van der Waals surface area (Å²) in [6.45, 7) is 12.5. The van der Waals surface area contributed by atoms with Crippen molar-refractivity contribution in [2.24, 2.45) is 0 Å². The van der Waals surface area contributed by atoms with E-state index in [9.17, 15) is 4.79 Å². The number of aryl methyl sites for hydroxylation is 2. The van der Waals surface area contributed by atoms with Crippen LogP contribution in [-0.4, -0.2) is 12.5 Å². The van der Waals surface area contributed by atoms with E-state index in [1.165, 1.54) is 5.56 Å². The maximum Gasteiger partial charge on any atom is 0.262 e. The Morgan fingerprint density at radius 1 is 1.08 bits per heavy atom. The Balaban J connectivity index is 2.08. The van der Waals surface area contributed by atoms with Gasteiger partial charge in [0.1, 0.15) is 5.75 Å². The van der Waals surface area contributed by atoms with Crippen molar-refractivity contribution in [3.8, 4) is 5.75 Å². The number of anilines is 1. The molecule has 24 heavy (non-hydrogen) atoms. The van der Waals surface area contributed by atoms with Crippen LogP contribution in [0, 0.1) is 20.8 Å². The summed E-state index contributed by atoms with van der Waals surface area (Å²) in [4.78, 5) is 12.3. The highest BCUT2D eigenvalue weighted by Gasteiger charge is 2.18. The number of carbonyl (C=O) groups excluding carboxylic acids is 1. The molecule has 0 aliphatic heterocycles. The van der Waals surface area contributed by atoms with Crippen LogP contribution in [0.4, 0.5) is 5.69 Å². The minimum Gasteiger partial charge on any atom is -0.483 e. The summed E-state index contributed by atoms with van der Waals surface area (Å²) in [6.07, 6.45) is 0. The van der Waals surface area contributed by atoms with Gasteiger partial charge in [-0.05, 0) is 60.6 Å². The number of amides is 1. The highest BCUT2D eigenvalue weighted by Crippen LogP contribution is 2.29. The number of para-hydroxylation sites is 1. The van der Waals surface area contributed by atoms with E-state index < -0.39 is 0 Å². The lowest BCUT2D eigenvalue weighted by molar-refractivity contribution is -0.118. The predicted octanol–water partition coefficient (Wildman–Crippen LogP) is 4.93. The first kappa shape index (κ1) is 18.1. The summed E-state index contributed by atoms with van der Waals surface area (Å²) >= 11 is 0. The van der Waals surface area contributed by atoms with Crippen LogP contribution in [0.25, 0.3) is 0 Å². The van der Waals surface area contributed by atoms with E-state index in [2.05, 4.69) is 39.1 Å². The largest absolute Gasteiger partial charge is 0.483 e. The standard InChI is InChI=1S/C21H27NO2/c1-14-11-15(2)16(3)19(12-14)24-13-20(23)22-18-10-8-7-9-17(18)21(4,5)6/h7-12H,13H2,1-6H3,(H,22,23). The van der Waals surface area contributed by atoms with Gasteiger partial charge in [-0.15, -0.1) is 0 Å². The quantitative estimate of drug-likeness (QED) is 0.866. The van der Waals surface area contributed by atoms with Gasteiger partial charge < -0.3 is 10.1 Å². The third-order valence-corrected chi connectivity index (χ3v) is 4.13. The molecule has 0 heterocycles. The van der Waals surface area contributed by atoms with Crippen LogP contribution in [0.1, 0.15) is 43.0 Å². The Hall–Kier alpha value is -2.29. The topological polar surface area (TPSA) is 38.3 Å². The molecule has 3 nitrogen and oxygen atoms in total. The van der Waals surface area contributed by atoms with Crippen LogP contribution >= 0.6 is 0 Å². The van der Waals surface area contributed by atoms with Crippen molar-refractivity contribution in [2.75, 3.05) is 11.9 Å². The zero-order valence-electron chi connectivity index (χ0n) is 15.5. The van der Waals surface area contributed by atoms with Crippen molar-refractivity contribution < 1.29 is 9.53 Å². The molecular weight excluding hydrogens is 298 g/mol. The molecule has 128 valence electrons. The first-order valence-electron chi connectivity index (χ1n) is 8.28. The Bertz CT molecular complexity index is 742. The van der Waals surface area contributed by atoms with Gasteiger partial charge in [0.15, 0.2) is 6.61 Å². The highest BCUT2D eigenvalue weighted by molar-refractivity contribution is 5.92. The van der Waals surface area contributed by atoms with Crippen LogP contribution in [0.5, 0.6) is 5.75 Å². The van der Waals surface area contributed by atoms with Crippen molar-refractivity contribution in [3.63, 3.8) is 0 Å². The molecule has 0 radical (unpaired) electrons. The van der Waals surface area contributed by atoms with Crippen molar-refractivity contribution >= 4 is 11.6 Å². The summed E-state index contributed by atoms with van der Waals surface area (Å²) in [5.74, 6) is 0.622. The SMILES string of the molecule is Cc1cc(C)c(C)c(OCC(=O)Nc2ccccc2C(C)(C)C)c1. The molecule has 0 aliphatic carbocycles. The molecule has 0 aromatic heterocycles. The number of nitrogens with one attached hydrogen (secondary N) is 1. The van der Waals surface area contributed by atoms with E-state index in [0.29, 0.717) is 0 Å². The molecule has 0 saturated heterocycles. The molecule has 2 aromatic rings. The Kier molecular flexibility index (Phi) is 5.33. The van der Waals surface area contributed by atoms with Gasteiger partial charge in [-0.2, -0.15) is 0 Å². The molecular formula is C21H27NO2. The fourth-order valence-corrected chi connectivity index (χ4v) is 2.73. The van der Waals surface area contributed by atoms with Crippen LogP contribution in [-0.2, 0) is 10.2 Å². The third kappa shape index (κ3) is 4.38. The number of hydrogen-bond donors (Lipinski definition) is 1. The lowest BCUT2D eigenvalue weighted by Gasteiger charge is -2.23. The van der Waals surface area contributed by atoms with Crippen LogP contribution in [0.3, 0.4) is 0 Å². The maximum absolute atomic E-state index is 12.3. The summed E-state index contributed by atoms with van der Waals surface area (Å²) in [5, 5.41) is 2.97. The number of carbonyl (C=O) groups is 1. The highest BCUT2D eigenvalue weighted by atomic mass is 16.5. The first-order valence-corrected chi connectivity index (χ1v) is 8.28. The summed E-state index contributed by atoms with van der Waals surface area (Å²) in [6, 6.07) is 12.0. The second-order valence-corrected chi connectivity index (χ2v) is 7.34. The van der Waals surface area contributed by atoms with Gasteiger partial charge >= 0.3 is 0 Å². The molecule has 0 atom stereocenters. The van der Waals surface area contributed by atoms with E-state index >= 15 is 0 Å². The summed E-state index contributed by atoms with van der Waals surface area (Å²) in [7, 11) is 0. The number of rotatable bonds is 4. The average Bonchev–Trinajstić information content (AvgIpc) is 2.49. The monoisotopic (exact) mass is 325 g/mol. The predicted molar refractivity (Wildman–Crippen MR) is 99.9 cm³/mol. The van der Waals surface area contributed by atoms with Gasteiger partial charge in [-0.25, -0.2) is 0 Å². The van der Waals surface area contributed by atoms with E-state index in [1.807, 2.05) is 44.2 Å². The fourth-order valence-electron chi connectivity index (χ4n) is 2.73. The normalized spacial score (nSPS) is 11.2. The molecule has 0 bridgehead atoms. The van der Waals surface area contributed by atoms with Crippen molar-refractivity contribution in [3.05, 3.63) is 58.7 Å². The fraction of sp³-hybridized carbons (Fsp3) is 0.381. The van der Waals surface area contributed by atoms with Gasteiger partial charge in [0.2, 0.25) is 0 Å². The van der Waals surface area contributed by atoms with Gasteiger partial charge in [0.25, 0.3) is 5.91 Å². The van der Waals surface area contributed by atoms with Gasteiger partial charge in [-0.3, -0.25) is 4.79 Å². The molecule has 1 amide bonds. The second-order valence-electron chi connectivity index (χ2n) is 7.34. The average molecular weight is 325 g/mol. The Morgan fingerprint density at radius 2 is 1.75 bits per heavy atom. The zero-order chi connectivity index (χ0) is 17.9. The molecule has 0 fully saturated rings. The Morgan fingerprint density at radius 3 is 2.42 bits per heavy atom. The molecule has 0 unspecified atom stereocenters. The molecule has 0 spiro atoms. The lowest BCUT2D eigenvalue weighted by atomic mass is 9.86. The van der Waals surface area contributed by atoms with E-state index in [4.69, 9.17) is 4.74 Å². The summed E-state index contributed by atoms with van der Waals surface area (Å²) < 4.78 is 5.75.